The molecule has 3 unspecified atom stereocenters. The smallest absolute Gasteiger partial charge is 0.284 e. The molecule has 0 spiro atoms. The molecule has 5 nitrogen and oxygen atoms in total. The molecule has 2 aromatic rings. The molecule has 0 bridgehead atoms. The van der Waals surface area contributed by atoms with E-state index in [4.69, 9.17) is 9.47 Å². The number of rotatable bonds is 12. The second-order valence-electron chi connectivity index (χ2n) is 11.0. The molecule has 1 N–H and O–H groups in total. The summed E-state index contributed by atoms with van der Waals surface area (Å²) in [6.45, 7) is 3.43. The van der Waals surface area contributed by atoms with Gasteiger partial charge in [0.1, 0.15) is 11.6 Å². The Balaban J connectivity index is 0.000000832. The molecule has 0 radical (unpaired) electrons. The number of alkyl halides is 2. The fourth-order valence-electron chi connectivity index (χ4n) is 5.94. The van der Waals surface area contributed by atoms with Gasteiger partial charge in [0.05, 0.1) is 12.2 Å². The maximum absolute atomic E-state index is 15.5. The van der Waals surface area contributed by atoms with Gasteiger partial charge in [0, 0.05) is 43.9 Å². The summed E-state index contributed by atoms with van der Waals surface area (Å²) in [5, 5.41) is 12.3. The highest BCUT2D eigenvalue weighted by molar-refractivity contribution is 7.17. The van der Waals surface area contributed by atoms with Gasteiger partial charge >= 0.3 is 0 Å². The van der Waals surface area contributed by atoms with Crippen molar-refractivity contribution >= 4 is 15.6 Å². The van der Waals surface area contributed by atoms with Gasteiger partial charge in [0.2, 0.25) is 6.41 Å². The Kier molecular flexibility index (Phi) is 12.9. The van der Waals surface area contributed by atoms with Gasteiger partial charge in [-0.05, 0) is 74.4 Å². The van der Waals surface area contributed by atoms with Crippen molar-refractivity contribution in [1.82, 2.24) is 4.90 Å². The van der Waals surface area contributed by atoms with Gasteiger partial charge in [0.15, 0.2) is 0 Å². The number of piperidine rings is 1. The number of amides is 1. The average molecular weight is 596 g/mol. The quantitative estimate of drug-likeness (QED) is 0.156. The van der Waals surface area contributed by atoms with Crippen LogP contribution in [-0.4, -0.2) is 49.8 Å². The maximum atomic E-state index is 15.5. The molecule has 0 aromatic heterocycles. The van der Waals surface area contributed by atoms with Crippen LogP contribution in [0.25, 0.3) is 11.1 Å². The van der Waals surface area contributed by atoms with Crippen LogP contribution in [0.2, 0.25) is 0 Å². The molecule has 1 aliphatic heterocycles. The van der Waals surface area contributed by atoms with Gasteiger partial charge < -0.3 is 19.5 Å². The van der Waals surface area contributed by atoms with Crippen molar-refractivity contribution in [3.63, 3.8) is 0 Å². The zero-order chi connectivity index (χ0) is 29.9. The lowest BCUT2D eigenvalue weighted by Gasteiger charge is -2.43. The van der Waals surface area contributed by atoms with Gasteiger partial charge in [0.25, 0.3) is 5.66 Å². The van der Waals surface area contributed by atoms with E-state index in [1.807, 2.05) is 0 Å². The predicted octanol–water partition coefficient (Wildman–Crippen LogP) is 7.64. The van der Waals surface area contributed by atoms with E-state index in [0.29, 0.717) is 57.4 Å². The zero-order valence-electron chi connectivity index (χ0n) is 24.3. The highest BCUT2D eigenvalue weighted by Gasteiger charge is 2.42. The first kappa shape index (κ1) is 33.4. The number of nitrogens with zero attached hydrogens (tertiary/aromatic N) is 1. The van der Waals surface area contributed by atoms with E-state index in [9.17, 15) is 18.7 Å². The molecule has 2 fully saturated rings. The average Bonchev–Trinajstić information content (AvgIpc) is 3.55. The predicted molar refractivity (Wildman–Crippen MR) is 160 cm³/mol. The minimum absolute atomic E-state index is 0.0621. The molecule has 1 aliphatic carbocycles. The Morgan fingerprint density at radius 2 is 1.80 bits per heavy atom. The Bertz CT molecular complexity index is 1100. The fourth-order valence-corrected chi connectivity index (χ4v) is 6.11. The van der Waals surface area contributed by atoms with Crippen LogP contribution in [0.4, 0.5) is 13.2 Å². The third kappa shape index (κ3) is 9.17. The number of hydrogen-bond donors (Lipinski definition) is 1. The van der Waals surface area contributed by atoms with Crippen LogP contribution in [0.1, 0.15) is 82.3 Å². The lowest BCUT2D eigenvalue weighted by Crippen LogP contribution is -2.46. The largest absolute Gasteiger partial charge is 0.494 e. The van der Waals surface area contributed by atoms with Crippen molar-refractivity contribution < 1.29 is 32.5 Å². The minimum atomic E-state index is -3.25. The van der Waals surface area contributed by atoms with Crippen molar-refractivity contribution in [2.24, 2.45) is 5.92 Å². The monoisotopic (exact) mass is 595 g/mol. The molecule has 228 valence electrons. The molecule has 4 rings (SSSR count). The summed E-state index contributed by atoms with van der Waals surface area (Å²) < 4.78 is 54.9. The summed E-state index contributed by atoms with van der Waals surface area (Å²) >= 11 is 0. The first-order chi connectivity index (χ1) is 19.6. The summed E-state index contributed by atoms with van der Waals surface area (Å²) in [4.78, 5) is 13.1. The molecule has 2 aliphatic rings. The van der Waals surface area contributed by atoms with Crippen molar-refractivity contribution in [2.45, 2.75) is 82.4 Å². The first-order valence-corrected chi connectivity index (χ1v) is 15.4. The van der Waals surface area contributed by atoms with Crippen LogP contribution in [-0.2, 0) is 20.8 Å². The molecule has 1 saturated carbocycles. The normalized spacial score (nSPS) is 18.8. The Hall–Kier alpha value is -2.15. The van der Waals surface area contributed by atoms with Gasteiger partial charge in [-0.15, -0.1) is 0 Å². The molecule has 1 heterocycles. The van der Waals surface area contributed by atoms with Crippen molar-refractivity contribution in [3.05, 3.63) is 53.3 Å². The second kappa shape index (κ2) is 15.9. The minimum Gasteiger partial charge on any atom is -0.494 e. The van der Waals surface area contributed by atoms with E-state index in [1.54, 1.807) is 25.0 Å². The maximum Gasteiger partial charge on any atom is 0.284 e. The summed E-state index contributed by atoms with van der Waals surface area (Å²) in [5.74, 6) is -0.787. The standard InChI is InChI=1S/C27H35F3NO4P.C5H10/c1-3-35-22-15-19(14-21(16-22)27(29,30)36)25-23(9-6-10-24(25)28)26(33,11-4-5-13-34-2)20-8-7-12-31(17-20)18-32;1-2-4-5-3-1/h6,9-10,14-16,18,20,33H,3-5,7-8,11-13,17,36H2,1-2H3;1-5H2. The number of hydrogen-bond acceptors (Lipinski definition) is 4. The molecule has 3 atom stereocenters. The number of aliphatic hydroxyl groups is 1. The van der Waals surface area contributed by atoms with Crippen molar-refractivity contribution in [2.75, 3.05) is 33.4 Å². The third-order valence-electron chi connectivity index (χ3n) is 8.05. The highest BCUT2D eigenvalue weighted by Crippen LogP contribution is 2.46. The number of likely N-dealkylation sites (tertiary alicyclic amines) is 1. The lowest BCUT2D eigenvalue weighted by molar-refractivity contribution is -0.123. The molecular weight excluding hydrogens is 550 g/mol. The van der Waals surface area contributed by atoms with Gasteiger partial charge in [-0.2, -0.15) is 8.78 Å². The van der Waals surface area contributed by atoms with E-state index in [1.165, 1.54) is 71.7 Å². The highest BCUT2D eigenvalue weighted by atomic mass is 31.0. The SMILES string of the molecule is C1CCCC1.CCOc1cc(-c2c(F)cccc2C(O)(CCCCOC)C2CCCN(C=O)C2)cc(C(F)(F)P)c1. The van der Waals surface area contributed by atoms with Crippen LogP contribution in [0, 0.1) is 11.7 Å². The summed E-state index contributed by atoms with van der Waals surface area (Å²) in [7, 11) is 3.10. The number of carbonyl (C=O) groups is 1. The third-order valence-corrected chi connectivity index (χ3v) is 8.39. The van der Waals surface area contributed by atoms with E-state index in [0.717, 1.165) is 6.41 Å². The Morgan fingerprint density at radius 1 is 1.10 bits per heavy atom. The molecule has 41 heavy (non-hydrogen) atoms. The van der Waals surface area contributed by atoms with Crippen LogP contribution >= 0.6 is 9.24 Å². The fraction of sp³-hybridized carbons (Fsp3) is 0.594. The molecule has 2 aromatic carbocycles. The number of ether oxygens (including phenoxy) is 2. The van der Waals surface area contributed by atoms with Crippen molar-refractivity contribution in [3.8, 4) is 16.9 Å². The summed E-state index contributed by atoms with van der Waals surface area (Å²) in [6.07, 6.45) is 11.2. The molecule has 9 heteroatoms. The van der Waals surface area contributed by atoms with E-state index in [2.05, 4.69) is 0 Å². The first-order valence-electron chi connectivity index (χ1n) is 14.8. The summed E-state index contributed by atoms with van der Waals surface area (Å²) in [6, 6.07) is 8.43. The van der Waals surface area contributed by atoms with E-state index < -0.39 is 17.1 Å². The second-order valence-corrected chi connectivity index (χ2v) is 11.8. The summed E-state index contributed by atoms with van der Waals surface area (Å²) in [5.41, 5.74) is -4.49. The zero-order valence-corrected chi connectivity index (χ0v) is 25.5. The van der Waals surface area contributed by atoms with Crippen LogP contribution in [0.5, 0.6) is 5.75 Å². The Morgan fingerprint density at radius 3 is 2.41 bits per heavy atom. The molecular formula is C32H45F3NO4P. The number of methoxy groups -OCH3 is 1. The van der Waals surface area contributed by atoms with Crippen molar-refractivity contribution in [1.29, 1.82) is 0 Å². The van der Waals surface area contributed by atoms with Gasteiger partial charge in [-0.3, -0.25) is 4.79 Å². The molecule has 1 amide bonds. The van der Waals surface area contributed by atoms with E-state index >= 15 is 4.39 Å². The number of carbonyl (C=O) groups excluding carboxylic acids is 1. The number of halogens is 3. The lowest BCUT2D eigenvalue weighted by atomic mass is 9.72. The van der Waals surface area contributed by atoms with E-state index in [-0.39, 0.29) is 35.0 Å². The van der Waals surface area contributed by atoms with Crippen LogP contribution in [0.3, 0.4) is 0 Å². The van der Waals surface area contributed by atoms with Crippen LogP contribution < -0.4 is 4.74 Å². The molecule has 1 saturated heterocycles. The number of unbranched alkanes of at least 4 members (excludes halogenated alkanes) is 1. The van der Waals surface area contributed by atoms with Gasteiger partial charge in [-0.1, -0.05) is 53.5 Å². The number of benzene rings is 2. The Labute approximate surface area is 245 Å². The van der Waals surface area contributed by atoms with Crippen LogP contribution in [0.15, 0.2) is 36.4 Å². The van der Waals surface area contributed by atoms with Gasteiger partial charge in [-0.25, -0.2) is 4.39 Å². The topological polar surface area (TPSA) is 59.0 Å².